The maximum Gasteiger partial charge on any atom is 0.323 e. The van der Waals surface area contributed by atoms with Crippen LogP contribution in [0.15, 0.2) is 48.5 Å². The Kier molecular flexibility index (Phi) is 7.75. The molecule has 5 aromatic rings. The summed E-state index contributed by atoms with van der Waals surface area (Å²) >= 11 is 0. The summed E-state index contributed by atoms with van der Waals surface area (Å²) in [6.07, 6.45) is -4.41. The first-order valence-corrected chi connectivity index (χ1v) is 15.3. The molecule has 0 aliphatic carbocycles. The van der Waals surface area contributed by atoms with E-state index in [2.05, 4.69) is 10.3 Å². The van der Waals surface area contributed by atoms with Crippen molar-refractivity contribution in [2.45, 2.75) is 55.9 Å². The van der Waals surface area contributed by atoms with E-state index in [0.717, 1.165) is 10.9 Å². The molecule has 7 rings (SSSR count). The Morgan fingerprint density at radius 1 is 1.02 bits per heavy atom. The Balaban J connectivity index is 1.52. The number of benzene rings is 3. The van der Waals surface area contributed by atoms with Gasteiger partial charge in [-0.2, -0.15) is 0 Å². The second-order valence-corrected chi connectivity index (χ2v) is 11.8. The molecule has 13 nitrogen and oxygen atoms in total. The molecule has 0 spiro atoms. The highest BCUT2D eigenvalue weighted by molar-refractivity contribution is 6.39. The van der Waals surface area contributed by atoms with Gasteiger partial charge in [-0.25, -0.2) is 0 Å². The Morgan fingerprint density at radius 3 is 2.43 bits per heavy atom. The molecule has 0 radical (unpaired) electrons. The average Bonchev–Trinajstić information content (AvgIpc) is 3.70. The molecule has 2 amide bonds. The predicted molar refractivity (Wildman–Crippen MR) is 169 cm³/mol. The third kappa shape index (κ3) is 4.50. The van der Waals surface area contributed by atoms with Crippen molar-refractivity contribution in [3.05, 3.63) is 59.7 Å². The zero-order valence-corrected chi connectivity index (χ0v) is 25.1. The van der Waals surface area contributed by atoms with E-state index < -0.39 is 61.1 Å². The number of carbonyl (C=O) groups is 3. The molecular weight excluding hydrogens is 594 g/mol. The minimum absolute atomic E-state index is 0.215. The maximum absolute atomic E-state index is 13.5. The maximum atomic E-state index is 13.5. The van der Waals surface area contributed by atoms with Gasteiger partial charge in [-0.1, -0.05) is 42.8 Å². The summed E-state index contributed by atoms with van der Waals surface area (Å²) in [7, 11) is 1.37. The molecule has 0 unspecified atom stereocenters. The third-order valence-electron chi connectivity index (χ3n) is 9.15. The molecule has 2 aliphatic rings. The minimum Gasteiger partial charge on any atom is -0.453 e. The summed E-state index contributed by atoms with van der Waals surface area (Å²) < 4.78 is 19.7. The molecule has 1 saturated heterocycles. The summed E-state index contributed by atoms with van der Waals surface area (Å²) in [5, 5.41) is 26.9. The lowest BCUT2D eigenvalue weighted by molar-refractivity contribution is -0.262. The van der Waals surface area contributed by atoms with E-state index in [1.165, 1.54) is 7.11 Å². The molecule has 13 heteroatoms. The monoisotopic (exact) mass is 629 g/mol. The van der Waals surface area contributed by atoms with Crippen LogP contribution in [-0.2, 0) is 19.0 Å². The molecule has 240 valence electrons. The molecule has 2 aliphatic heterocycles. The second-order valence-electron chi connectivity index (χ2n) is 11.8. The number of nitrogens with one attached hydrogen (secondary N) is 2. The van der Waals surface area contributed by atoms with Crippen molar-refractivity contribution in [2.24, 2.45) is 11.5 Å². The van der Waals surface area contributed by atoms with Crippen LogP contribution in [0.2, 0.25) is 0 Å². The highest BCUT2D eigenvalue weighted by atomic mass is 16.6. The molecule has 2 aromatic heterocycles. The van der Waals surface area contributed by atoms with Gasteiger partial charge in [0.2, 0.25) is 0 Å². The van der Waals surface area contributed by atoms with Crippen LogP contribution in [0.5, 0.6) is 0 Å². The number of aliphatic hydroxyl groups excluding tert-OH is 2. The number of aromatic nitrogens is 2. The van der Waals surface area contributed by atoms with Crippen LogP contribution >= 0.6 is 0 Å². The highest BCUT2D eigenvalue weighted by Gasteiger charge is 2.50. The number of esters is 1. The predicted octanol–water partition coefficient (Wildman–Crippen LogP) is 1.95. The van der Waals surface area contributed by atoms with Crippen molar-refractivity contribution < 1.29 is 38.8 Å². The summed E-state index contributed by atoms with van der Waals surface area (Å²) in [4.78, 5) is 43.6. The minimum atomic E-state index is -1.44. The largest absolute Gasteiger partial charge is 0.453 e. The Bertz CT molecular complexity index is 2020. The topological polar surface area (TPSA) is 204 Å². The van der Waals surface area contributed by atoms with Crippen LogP contribution < -0.4 is 16.8 Å². The van der Waals surface area contributed by atoms with Gasteiger partial charge in [0.15, 0.2) is 12.3 Å². The summed E-state index contributed by atoms with van der Waals surface area (Å²) in [5.41, 5.74) is 14.6. The van der Waals surface area contributed by atoms with Crippen molar-refractivity contribution in [3.8, 4) is 0 Å². The molecular formula is C33H35N5O8. The number of amides is 2. The number of hydrogen-bond donors (Lipinski definition) is 6. The lowest BCUT2D eigenvalue weighted by Crippen LogP contribution is -2.59. The fraction of sp³-hybridized carbons (Fsp3) is 0.364. The van der Waals surface area contributed by atoms with E-state index in [-0.39, 0.29) is 11.1 Å². The van der Waals surface area contributed by atoms with Crippen molar-refractivity contribution >= 4 is 61.4 Å². The van der Waals surface area contributed by atoms with Crippen LogP contribution in [-0.4, -0.2) is 88.3 Å². The van der Waals surface area contributed by atoms with Gasteiger partial charge in [0, 0.05) is 34.2 Å². The zero-order valence-electron chi connectivity index (χ0n) is 25.1. The molecule has 6 atom stereocenters. The number of ether oxygens (including phenoxy) is 3. The fourth-order valence-corrected chi connectivity index (χ4v) is 7.07. The van der Waals surface area contributed by atoms with E-state index in [1.807, 2.05) is 42.5 Å². The fourth-order valence-electron chi connectivity index (χ4n) is 7.07. The van der Waals surface area contributed by atoms with Crippen LogP contribution in [0.25, 0.3) is 43.6 Å². The Labute approximate surface area is 262 Å². The van der Waals surface area contributed by atoms with Gasteiger partial charge in [0.25, 0.3) is 11.8 Å². The number of unbranched alkanes of at least 4 members (excludes halogenated alkanes) is 1. The van der Waals surface area contributed by atoms with Gasteiger partial charge in [-0.3, -0.25) is 19.7 Å². The van der Waals surface area contributed by atoms with Crippen molar-refractivity contribution in [1.82, 2.24) is 14.9 Å². The van der Waals surface area contributed by atoms with Gasteiger partial charge < -0.3 is 45.4 Å². The Morgan fingerprint density at radius 2 is 1.72 bits per heavy atom. The number of para-hydroxylation sites is 2. The van der Waals surface area contributed by atoms with Crippen molar-refractivity contribution in [2.75, 3.05) is 20.3 Å². The molecule has 0 bridgehead atoms. The highest BCUT2D eigenvalue weighted by Crippen LogP contribution is 2.46. The van der Waals surface area contributed by atoms with Crippen molar-refractivity contribution in [1.29, 1.82) is 0 Å². The Hall–Kier alpha value is -4.37. The standard InChI is InChI=1S/C33H35N5O8/c1-44-28-20(14-39)45-32(29(27(28)40)46-33(43)17(35)10-6-7-13-34)38-19-12-5-3-9-16(19)22-24-23(30(41)37-31(24)42)21-15-8-2-4-11-18(15)36-25(21)26(22)38/h2-5,8-9,11-12,17,20,27-29,32,36,39-40H,6-7,10,13-14,34-35H2,1H3,(H,37,41,42)/t17-,20+,27-,28+,29+,32+/m0/s1. The molecule has 1 fully saturated rings. The number of aromatic amines is 1. The zero-order chi connectivity index (χ0) is 32.3. The number of nitrogens with zero attached hydrogens (tertiary/aromatic N) is 1. The lowest BCUT2D eigenvalue weighted by Gasteiger charge is -2.44. The van der Waals surface area contributed by atoms with E-state index in [0.29, 0.717) is 58.5 Å². The van der Waals surface area contributed by atoms with Crippen LogP contribution in [0.1, 0.15) is 46.2 Å². The normalized spacial score (nSPS) is 23.8. The number of H-pyrrole nitrogens is 1. The SMILES string of the molecule is CO[C@H]1[C@H](O)[C@@H](OC(=O)[C@@H](N)CCCCN)[C@H](n2c3ccccc3c3c4c(c5c6ccccc6[nH]c5c32)C(=O)NC4=O)O[C@@H]1CO. The van der Waals surface area contributed by atoms with Crippen LogP contribution in [0, 0.1) is 0 Å². The number of hydrogen-bond acceptors (Lipinski definition) is 10. The van der Waals surface area contributed by atoms with E-state index >= 15 is 0 Å². The average molecular weight is 630 g/mol. The number of fused-ring (bicyclic) bond motifs is 10. The second kappa shape index (κ2) is 11.8. The van der Waals surface area contributed by atoms with E-state index in [9.17, 15) is 24.6 Å². The van der Waals surface area contributed by atoms with Gasteiger partial charge in [0.05, 0.1) is 34.3 Å². The first-order chi connectivity index (χ1) is 22.3. The van der Waals surface area contributed by atoms with E-state index in [4.69, 9.17) is 25.7 Å². The van der Waals surface area contributed by atoms with Gasteiger partial charge in [-0.05, 0) is 31.5 Å². The third-order valence-corrected chi connectivity index (χ3v) is 9.15. The number of imide groups is 1. The lowest BCUT2D eigenvalue weighted by atomic mass is 9.96. The van der Waals surface area contributed by atoms with E-state index in [1.54, 1.807) is 10.6 Å². The number of rotatable bonds is 9. The van der Waals surface area contributed by atoms with Gasteiger partial charge in [-0.15, -0.1) is 0 Å². The van der Waals surface area contributed by atoms with Gasteiger partial charge in [0.1, 0.15) is 24.4 Å². The number of nitrogens with two attached hydrogens (primary N) is 2. The number of carbonyl (C=O) groups excluding carboxylic acids is 3. The summed E-state index contributed by atoms with van der Waals surface area (Å²) in [6.45, 7) is -0.0447. The summed E-state index contributed by atoms with van der Waals surface area (Å²) in [6, 6.07) is 13.7. The molecule has 4 heterocycles. The molecule has 8 N–H and O–H groups in total. The molecule has 0 saturated carbocycles. The number of aliphatic hydroxyl groups is 2. The van der Waals surface area contributed by atoms with Gasteiger partial charge >= 0.3 is 5.97 Å². The summed E-state index contributed by atoms with van der Waals surface area (Å²) in [5.74, 6) is -1.78. The van der Waals surface area contributed by atoms with Crippen LogP contribution in [0.4, 0.5) is 0 Å². The molecule has 3 aromatic carbocycles. The first kappa shape index (κ1) is 30.3. The number of methoxy groups -OCH3 is 1. The smallest absolute Gasteiger partial charge is 0.323 e. The van der Waals surface area contributed by atoms with Crippen LogP contribution in [0.3, 0.4) is 0 Å². The first-order valence-electron chi connectivity index (χ1n) is 15.3. The van der Waals surface area contributed by atoms with Crippen molar-refractivity contribution in [3.63, 3.8) is 0 Å². The molecule has 46 heavy (non-hydrogen) atoms. The quantitative estimate of drug-likeness (QED) is 0.0794.